The summed E-state index contributed by atoms with van der Waals surface area (Å²) in [5.41, 5.74) is 1.16. The van der Waals surface area contributed by atoms with Crippen LogP contribution in [0.3, 0.4) is 0 Å². The lowest BCUT2D eigenvalue weighted by molar-refractivity contribution is -0.601. The van der Waals surface area contributed by atoms with Gasteiger partial charge >= 0.3 is 10.7 Å². The lowest BCUT2D eigenvalue weighted by Gasteiger charge is -2.00. The third kappa shape index (κ3) is 2.69. The summed E-state index contributed by atoms with van der Waals surface area (Å²) < 4.78 is 3.31. The van der Waals surface area contributed by atoms with Crippen LogP contribution < -0.4 is 33.4 Å². The molecule has 0 amide bonds. The number of aldehydes is 1. The smallest absolute Gasteiger partial charge is 0.392 e. The first-order chi connectivity index (χ1) is 8.17. The van der Waals surface area contributed by atoms with E-state index in [0.717, 1.165) is 29.6 Å². The first-order valence-corrected chi connectivity index (χ1v) is 6.14. The number of halogens is 1. The summed E-state index contributed by atoms with van der Waals surface area (Å²) in [5.74, 6) is 0.630. The summed E-state index contributed by atoms with van der Waals surface area (Å²) >= 11 is 0.968. The van der Waals surface area contributed by atoms with Gasteiger partial charge in [-0.25, -0.2) is 9.36 Å². The van der Waals surface area contributed by atoms with E-state index in [9.17, 15) is 9.59 Å². The van der Waals surface area contributed by atoms with Gasteiger partial charge < -0.3 is 24.0 Å². The van der Waals surface area contributed by atoms with Gasteiger partial charge in [-0.15, -0.1) is 0 Å². The zero-order chi connectivity index (χ0) is 12.4. The summed E-state index contributed by atoms with van der Waals surface area (Å²) in [6.45, 7) is 2.06. The van der Waals surface area contributed by atoms with E-state index in [0.29, 0.717) is 10.7 Å². The van der Waals surface area contributed by atoms with Crippen molar-refractivity contribution in [2.75, 3.05) is 0 Å². The molecule has 2 aromatic heterocycles. The van der Waals surface area contributed by atoms with Crippen LogP contribution in [0.4, 0.5) is 0 Å². The van der Waals surface area contributed by atoms with Crippen LogP contribution in [-0.4, -0.2) is 10.9 Å². The first kappa shape index (κ1) is 15.0. The molecule has 0 fully saturated rings. The van der Waals surface area contributed by atoms with Gasteiger partial charge in [0.2, 0.25) is 0 Å². The van der Waals surface area contributed by atoms with E-state index in [1.54, 1.807) is 7.05 Å². The van der Waals surface area contributed by atoms with Gasteiger partial charge in [-0.2, -0.15) is 4.57 Å². The van der Waals surface area contributed by atoms with Crippen molar-refractivity contribution in [2.45, 2.75) is 13.3 Å². The van der Waals surface area contributed by atoms with Gasteiger partial charge in [0.25, 0.3) is 0 Å². The largest absolute Gasteiger partial charge is 1.00 e. The molecule has 0 aliphatic carbocycles. The third-order valence-corrected chi connectivity index (χ3v) is 3.58. The second-order valence-corrected chi connectivity index (χ2v) is 4.70. The highest BCUT2D eigenvalue weighted by Gasteiger charge is 2.21. The van der Waals surface area contributed by atoms with Crippen molar-refractivity contribution in [2.24, 2.45) is 7.05 Å². The molecular weight excluding hydrogens is 363 g/mol. The lowest BCUT2D eigenvalue weighted by Crippen LogP contribution is -3.00. The number of carbonyl (C=O) groups is 1. The Kier molecular flexibility index (Phi) is 5.21. The maximum absolute atomic E-state index is 11.6. The quantitative estimate of drug-likeness (QED) is 0.357. The molecule has 18 heavy (non-hydrogen) atoms. The molecule has 6 heteroatoms. The van der Waals surface area contributed by atoms with Crippen LogP contribution in [-0.2, 0) is 13.5 Å². The minimum absolute atomic E-state index is 0. The third-order valence-electron chi connectivity index (χ3n) is 2.63. The van der Waals surface area contributed by atoms with Crippen LogP contribution >= 0.6 is 11.3 Å². The van der Waals surface area contributed by atoms with Gasteiger partial charge in [0.05, 0.1) is 19.4 Å². The predicted molar refractivity (Wildman–Crippen MR) is 65.9 cm³/mol. The number of hydrogen-bond acceptors (Lipinski definition) is 3. The second kappa shape index (κ2) is 6.24. The molecule has 0 unspecified atom stereocenters. The summed E-state index contributed by atoms with van der Waals surface area (Å²) in [6.07, 6.45) is 5.42. The molecule has 0 saturated heterocycles. The lowest BCUT2D eigenvalue weighted by atomic mass is 10.2. The number of nitrogens with zero attached hydrogens (tertiary/aromatic N) is 2. The molecule has 96 valence electrons. The Labute approximate surface area is 126 Å². The zero-order valence-electron chi connectivity index (χ0n) is 10.1. The maximum Gasteiger partial charge on any atom is 0.392 e. The minimum Gasteiger partial charge on any atom is -1.00 e. The van der Waals surface area contributed by atoms with E-state index in [4.69, 9.17) is 0 Å². The second-order valence-electron chi connectivity index (χ2n) is 3.71. The van der Waals surface area contributed by atoms with E-state index < -0.39 is 0 Å². The van der Waals surface area contributed by atoms with Crippen LogP contribution in [0.1, 0.15) is 22.2 Å². The monoisotopic (exact) mass is 376 g/mol. The van der Waals surface area contributed by atoms with Gasteiger partial charge in [-0.3, -0.25) is 4.79 Å². The Balaban J connectivity index is 0.00000162. The van der Waals surface area contributed by atoms with Crippen molar-refractivity contribution >= 4 is 17.6 Å². The zero-order valence-corrected chi connectivity index (χ0v) is 13.1. The highest BCUT2D eigenvalue weighted by atomic mass is 127. The van der Waals surface area contributed by atoms with Crippen LogP contribution in [0.25, 0.3) is 5.82 Å². The van der Waals surface area contributed by atoms with Crippen LogP contribution in [0.5, 0.6) is 0 Å². The maximum atomic E-state index is 11.6. The number of thiazole rings is 1. The molecule has 2 aromatic rings. The molecule has 0 radical (unpaired) electrons. The Morgan fingerprint density at radius 2 is 2.22 bits per heavy atom. The highest BCUT2D eigenvalue weighted by molar-refractivity contribution is 7.11. The molecule has 0 aromatic carbocycles. The van der Waals surface area contributed by atoms with Gasteiger partial charge in [-0.1, -0.05) is 13.0 Å². The average Bonchev–Trinajstić information content (AvgIpc) is 2.65. The fourth-order valence-electron chi connectivity index (χ4n) is 1.70. The van der Waals surface area contributed by atoms with Crippen molar-refractivity contribution in [1.29, 1.82) is 0 Å². The average molecular weight is 376 g/mol. The molecule has 0 saturated carbocycles. The van der Waals surface area contributed by atoms with Crippen LogP contribution in [0.15, 0.2) is 29.3 Å². The van der Waals surface area contributed by atoms with Crippen LogP contribution in [0.2, 0.25) is 0 Å². The summed E-state index contributed by atoms with van der Waals surface area (Å²) in [6, 6.07) is 3.93. The first-order valence-electron chi connectivity index (χ1n) is 5.33. The Morgan fingerprint density at radius 3 is 2.83 bits per heavy atom. The molecule has 0 bridgehead atoms. The summed E-state index contributed by atoms with van der Waals surface area (Å²) in [7, 11) is 1.67. The van der Waals surface area contributed by atoms with Crippen molar-refractivity contribution in [3.05, 3.63) is 44.6 Å². The summed E-state index contributed by atoms with van der Waals surface area (Å²) in [5, 5.41) is 0. The molecule has 0 spiro atoms. The van der Waals surface area contributed by atoms with Crippen molar-refractivity contribution in [3.8, 4) is 5.82 Å². The topological polar surface area (TPSA) is 42.9 Å². The fourth-order valence-corrected chi connectivity index (χ4v) is 2.50. The van der Waals surface area contributed by atoms with E-state index in [2.05, 4.69) is 6.92 Å². The molecular formula is C12H13IN2O2S. The van der Waals surface area contributed by atoms with E-state index in [1.807, 2.05) is 29.1 Å². The fraction of sp³-hybridized carbons (Fsp3) is 0.250. The molecule has 0 atom stereocenters. The van der Waals surface area contributed by atoms with Crippen molar-refractivity contribution in [1.82, 2.24) is 4.57 Å². The van der Waals surface area contributed by atoms with E-state index in [-0.39, 0.29) is 28.8 Å². The minimum atomic E-state index is -0.128. The number of aryl methyl sites for hydroxylation is 1. The van der Waals surface area contributed by atoms with Gasteiger partial charge in [-0.05, 0) is 29.4 Å². The number of rotatable bonds is 3. The molecule has 0 aliphatic rings. The van der Waals surface area contributed by atoms with Gasteiger partial charge in [0.15, 0.2) is 11.2 Å². The Bertz CT molecular complexity index is 619. The standard InChI is InChI=1S/C12H13N2O2S.HI/c1-3-9-5-4-6-14(7-9)11-10(8-15)17-12(16)13(11)2;/h4-8H,3H2,1-2H3;1H/q+1;/p-1. The van der Waals surface area contributed by atoms with E-state index in [1.165, 1.54) is 4.57 Å². The Morgan fingerprint density at radius 1 is 1.50 bits per heavy atom. The molecule has 4 nitrogen and oxygen atoms in total. The van der Waals surface area contributed by atoms with Gasteiger partial charge in [0, 0.05) is 0 Å². The predicted octanol–water partition coefficient (Wildman–Crippen LogP) is -1.90. The number of aromatic nitrogens is 2. The number of carbonyl (C=O) groups excluding carboxylic acids is 1. The number of pyridine rings is 1. The van der Waals surface area contributed by atoms with Crippen LogP contribution in [0, 0.1) is 0 Å². The molecule has 2 rings (SSSR count). The number of hydrogen-bond donors (Lipinski definition) is 0. The molecule has 0 aliphatic heterocycles. The molecule has 2 heterocycles. The van der Waals surface area contributed by atoms with Gasteiger partial charge in [0.1, 0.15) is 0 Å². The van der Waals surface area contributed by atoms with Crippen molar-refractivity contribution in [3.63, 3.8) is 0 Å². The highest BCUT2D eigenvalue weighted by Crippen LogP contribution is 2.09. The SMILES string of the molecule is CCc1ccc[n+](-c2c(C=O)sc(=O)n2C)c1.[I-]. The normalized spacial score (nSPS) is 9.89. The Hall–Kier alpha value is -1.02. The van der Waals surface area contributed by atoms with E-state index >= 15 is 0 Å². The molecule has 0 N–H and O–H groups in total. The summed E-state index contributed by atoms with van der Waals surface area (Å²) in [4.78, 5) is 22.8. The van der Waals surface area contributed by atoms with Crippen molar-refractivity contribution < 1.29 is 33.3 Å².